The summed E-state index contributed by atoms with van der Waals surface area (Å²) >= 11 is 0. The number of benzene rings is 1. The minimum Gasteiger partial charge on any atom is -0.477 e. The Balaban J connectivity index is 2.80. The van der Waals surface area contributed by atoms with E-state index >= 15 is 0 Å². The zero-order chi connectivity index (χ0) is 14.9. The molecule has 0 bridgehead atoms. The van der Waals surface area contributed by atoms with Crippen LogP contribution in [0.15, 0.2) is 41.8 Å². The number of aromatic carboxylic acids is 1. The van der Waals surface area contributed by atoms with E-state index in [0.29, 0.717) is 16.8 Å². The molecule has 0 atom stereocenters. The van der Waals surface area contributed by atoms with E-state index in [-0.39, 0.29) is 5.56 Å². The molecule has 1 heterocycles. The van der Waals surface area contributed by atoms with Gasteiger partial charge in [-0.05, 0) is 42.3 Å². The molecule has 0 saturated heterocycles. The molecule has 1 N–H and O–H groups in total. The molecule has 1 aromatic heterocycles. The van der Waals surface area contributed by atoms with Crippen LogP contribution in [0.25, 0.3) is 11.8 Å². The molecule has 1 aromatic carbocycles. The molecule has 0 aliphatic heterocycles. The minimum atomic E-state index is -1.30. The molecule has 20 heavy (non-hydrogen) atoms. The van der Waals surface area contributed by atoms with Crippen LogP contribution in [0.3, 0.4) is 0 Å². The van der Waals surface area contributed by atoms with Crippen molar-refractivity contribution in [2.45, 2.75) is 6.92 Å². The SMILES string of the molecule is C=Cc1cn(-c2ccc(F)cc2)c(=O)c(C(=O)O)c1C. The number of hydrogen-bond donors (Lipinski definition) is 1. The average molecular weight is 273 g/mol. The van der Waals surface area contributed by atoms with Gasteiger partial charge in [0.15, 0.2) is 0 Å². The molecule has 102 valence electrons. The van der Waals surface area contributed by atoms with E-state index in [1.807, 2.05) is 0 Å². The highest BCUT2D eigenvalue weighted by Gasteiger charge is 2.18. The highest BCUT2D eigenvalue weighted by atomic mass is 19.1. The number of carboxylic acids is 1. The van der Waals surface area contributed by atoms with Gasteiger partial charge in [-0.2, -0.15) is 0 Å². The highest BCUT2D eigenvalue weighted by molar-refractivity contribution is 5.90. The topological polar surface area (TPSA) is 59.3 Å². The van der Waals surface area contributed by atoms with Crippen molar-refractivity contribution < 1.29 is 14.3 Å². The first kappa shape index (κ1) is 13.7. The first-order valence-electron chi connectivity index (χ1n) is 5.83. The maximum absolute atomic E-state index is 12.9. The Labute approximate surface area is 114 Å². The molecule has 0 amide bonds. The molecule has 5 heteroatoms. The molecule has 0 fully saturated rings. The Bertz CT molecular complexity index is 745. The van der Waals surface area contributed by atoms with Crippen molar-refractivity contribution in [2.24, 2.45) is 0 Å². The Morgan fingerprint density at radius 1 is 1.35 bits per heavy atom. The molecule has 0 unspecified atom stereocenters. The van der Waals surface area contributed by atoms with Gasteiger partial charge in [0.1, 0.15) is 11.4 Å². The number of aromatic nitrogens is 1. The van der Waals surface area contributed by atoms with Gasteiger partial charge in [0.25, 0.3) is 5.56 Å². The maximum atomic E-state index is 12.9. The summed E-state index contributed by atoms with van der Waals surface area (Å²) in [6, 6.07) is 5.22. The lowest BCUT2D eigenvalue weighted by Gasteiger charge is -2.11. The van der Waals surface area contributed by atoms with Crippen LogP contribution in [0.1, 0.15) is 21.5 Å². The van der Waals surface area contributed by atoms with Crippen molar-refractivity contribution in [1.29, 1.82) is 0 Å². The summed E-state index contributed by atoms with van der Waals surface area (Å²) in [4.78, 5) is 23.5. The van der Waals surface area contributed by atoms with E-state index in [4.69, 9.17) is 0 Å². The third-order valence-corrected chi connectivity index (χ3v) is 3.05. The van der Waals surface area contributed by atoms with Crippen LogP contribution in [-0.4, -0.2) is 15.6 Å². The van der Waals surface area contributed by atoms with Gasteiger partial charge < -0.3 is 5.11 Å². The molecular formula is C15H12FNO3. The molecule has 2 aromatic rings. The van der Waals surface area contributed by atoms with Crippen LogP contribution in [0.4, 0.5) is 4.39 Å². The van der Waals surface area contributed by atoms with Crippen LogP contribution < -0.4 is 5.56 Å². The summed E-state index contributed by atoms with van der Waals surface area (Å²) in [5, 5.41) is 9.17. The number of carboxylic acid groups (broad SMARTS) is 1. The fourth-order valence-corrected chi connectivity index (χ4v) is 1.97. The van der Waals surface area contributed by atoms with Crippen LogP contribution in [0, 0.1) is 12.7 Å². The Hall–Kier alpha value is -2.69. The lowest BCUT2D eigenvalue weighted by molar-refractivity contribution is 0.0693. The third-order valence-electron chi connectivity index (χ3n) is 3.05. The van der Waals surface area contributed by atoms with E-state index in [1.165, 1.54) is 41.1 Å². The van der Waals surface area contributed by atoms with Crippen LogP contribution >= 0.6 is 0 Å². The monoisotopic (exact) mass is 273 g/mol. The van der Waals surface area contributed by atoms with Crippen LogP contribution in [0.5, 0.6) is 0 Å². The summed E-state index contributed by atoms with van der Waals surface area (Å²) in [5.74, 6) is -1.73. The second-order valence-electron chi connectivity index (χ2n) is 4.25. The van der Waals surface area contributed by atoms with Gasteiger partial charge in [0.2, 0.25) is 0 Å². The first-order chi connectivity index (χ1) is 9.45. The zero-order valence-electron chi connectivity index (χ0n) is 10.8. The average Bonchev–Trinajstić information content (AvgIpc) is 2.40. The predicted molar refractivity (Wildman–Crippen MR) is 73.8 cm³/mol. The molecule has 0 saturated carbocycles. The predicted octanol–water partition coefficient (Wildman–Crippen LogP) is 2.63. The summed E-state index contributed by atoms with van der Waals surface area (Å²) < 4.78 is 14.1. The van der Waals surface area contributed by atoms with Crippen molar-refractivity contribution in [3.05, 3.63) is 69.9 Å². The zero-order valence-corrected chi connectivity index (χ0v) is 10.8. The summed E-state index contributed by atoms with van der Waals surface area (Å²) in [6.07, 6.45) is 2.96. The van der Waals surface area contributed by atoms with E-state index in [9.17, 15) is 19.1 Å². The van der Waals surface area contributed by atoms with E-state index in [2.05, 4.69) is 6.58 Å². The number of pyridine rings is 1. The van der Waals surface area contributed by atoms with Gasteiger partial charge in [0.05, 0.1) is 0 Å². The van der Waals surface area contributed by atoms with Gasteiger partial charge >= 0.3 is 5.97 Å². The summed E-state index contributed by atoms with van der Waals surface area (Å²) in [5.41, 5.74) is 0.308. The molecule has 0 aliphatic rings. The number of nitrogens with zero attached hydrogens (tertiary/aromatic N) is 1. The minimum absolute atomic E-state index is 0.313. The van der Waals surface area contributed by atoms with Crippen LogP contribution in [0.2, 0.25) is 0 Å². The van der Waals surface area contributed by atoms with Crippen LogP contribution in [-0.2, 0) is 0 Å². The quantitative estimate of drug-likeness (QED) is 0.935. The van der Waals surface area contributed by atoms with Crippen molar-refractivity contribution in [3.63, 3.8) is 0 Å². The normalized spacial score (nSPS) is 10.3. The second-order valence-corrected chi connectivity index (χ2v) is 4.25. The fourth-order valence-electron chi connectivity index (χ4n) is 1.97. The van der Waals surface area contributed by atoms with Gasteiger partial charge in [-0.25, -0.2) is 9.18 Å². The molecular weight excluding hydrogens is 261 g/mol. The van der Waals surface area contributed by atoms with Crippen molar-refractivity contribution in [2.75, 3.05) is 0 Å². The number of hydrogen-bond acceptors (Lipinski definition) is 2. The lowest BCUT2D eigenvalue weighted by Crippen LogP contribution is -2.27. The summed E-state index contributed by atoms with van der Waals surface area (Å²) in [6.45, 7) is 5.15. The first-order valence-corrected chi connectivity index (χ1v) is 5.83. The number of rotatable bonds is 3. The number of halogens is 1. The van der Waals surface area contributed by atoms with E-state index < -0.39 is 17.3 Å². The highest BCUT2D eigenvalue weighted by Crippen LogP contribution is 2.15. The van der Waals surface area contributed by atoms with Gasteiger partial charge in [-0.15, -0.1) is 0 Å². The number of carbonyl (C=O) groups is 1. The maximum Gasteiger partial charge on any atom is 0.341 e. The molecule has 0 aliphatic carbocycles. The Morgan fingerprint density at radius 2 is 1.95 bits per heavy atom. The van der Waals surface area contributed by atoms with Crippen molar-refractivity contribution >= 4 is 12.0 Å². The second kappa shape index (κ2) is 5.13. The Kier molecular flexibility index (Phi) is 3.52. The van der Waals surface area contributed by atoms with Gasteiger partial charge in [-0.1, -0.05) is 12.7 Å². The Morgan fingerprint density at radius 3 is 2.45 bits per heavy atom. The molecule has 0 radical (unpaired) electrons. The van der Waals surface area contributed by atoms with Crippen molar-refractivity contribution in [1.82, 2.24) is 4.57 Å². The van der Waals surface area contributed by atoms with E-state index in [1.54, 1.807) is 6.92 Å². The van der Waals surface area contributed by atoms with Gasteiger partial charge in [-0.3, -0.25) is 9.36 Å². The van der Waals surface area contributed by atoms with Gasteiger partial charge in [0, 0.05) is 11.9 Å². The molecule has 0 spiro atoms. The van der Waals surface area contributed by atoms with Crippen molar-refractivity contribution in [3.8, 4) is 5.69 Å². The van der Waals surface area contributed by atoms with E-state index in [0.717, 1.165) is 0 Å². The lowest BCUT2D eigenvalue weighted by atomic mass is 10.1. The third kappa shape index (κ3) is 2.25. The molecule has 2 rings (SSSR count). The fraction of sp³-hybridized carbons (Fsp3) is 0.0667. The standard InChI is InChI=1S/C15H12FNO3/c1-3-10-8-17(12-6-4-11(16)5-7-12)14(18)13(9(10)2)15(19)20/h3-8H,1H2,2H3,(H,19,20). The smallest absolute Gasteiger partial charge is 0.341 e. The largest absolute Gasteiger partial charge is 0.477 e. The molecule has 4 nitrogen and oxygen atoms in total. The summed E-state index contributed by atoms with van der Waals surface area (Å²) in [7, 11) is 0.